The van der Waals surface area contributed by atoms with Gasteiger partial charge in [-0.05, 0) is 44.1 Å². The van der Waals surface area contributed by atoms with Gasteiger partial charge in [0.2, 0.25) is 5.91 Å². The van der Waals surface area contributed by atoms with Gasteiger partial charge in [-0.2, -0.15) is 0 Å². The predicted molar refractivity (Wildman–Crippen MR) is 89.1 cm³/mol. The molecule has 2 heterocycles. The van der Waals surface area contributed by atoms with Crippen molar-refractivity contribution in [1.29, 1.82) is 0 Å². The highest BCUT2D eigenvalue weighted by Crippen LogP contribution is 2.26. The molecule has 0 bridgehead atoms. The molecule has 1 unspecified atom stereocenters. The number of benzene rings is 1. The van der Waals surface area contributed by atoms with Crippen LogP contribution in [-0.2, 0) is 17.8 Å². The molecule has 0 saturated carbocycles. The summed E-state index contributed by atoms with van der Waals surface area (Å²) in [6.45, 7) is 4.03. The highest BCUT2D eigenvalue weighted by Gasteiger charge is 2.28. The number of likely N-dealkylation sites (N-methyl/N-ethyl adjacent to an activating group) is 1. The van der Waals surface area contributed by atoms with Gasteiger partial charge in [0.1, 0.15) is 0 Å². The van der Waals surface area contributed by atoms with Gasteiger partial charge in [-0.3, -0.25) is 9.69 Å². The molecule has 1 aromatic carbocycles. The van der Waals surface area contributed by atoms with Crippen LogP contribution in [0.5, 0.6) is 0 Å². The van der Waals surface area contributed by atoms with E-state index in [1.165, 1.54) is 11.1 Å². The lowest BCUT2D eigenvalue weighted by Gasteiger charge is -2.31. The molecule has 1 amide bonds. The van der Waals surface area contributed by atoms with Crippen LogP contribution in [0.1, 0.15) is 17.5 Å². The second-order valence-corrected chi connectivity index (χ2v) is 6.99. The minimum Gasteiger partial charge on any atom is -0.337 e. The lowest BCUT2D eigenvalue weighted by molar-refractivity contribution is -0.133. The van der Waals surface area contributed by atoms with E-state index in [0.29, 0.717) is 19.1 Å². The smallest absolute Gasteiger partial charge is 0.237 e. The molecule has 0 radical (unpaired) electrons. The zero-order chi connectivity index (χ0) is 15.7. The third kappa shape index (κ3) is 3.29. The van der Waals surface area contributed by atoms with E-state index in [0.717, 1.165) is 37.5 Å². The summed E-state index contributed by atoms with van der Waals surface area (Å²) in [5, 5.41) is 0.831. The largest absolute Gasteiger partial charge is 0.337 e. The molecule has 3 rings (SSSR count). The van der Waals surface area contributed by atoms with Crippen LogP contribution < -0.4 is 0 Å². The maximum absolute atomic E-state index is 12.6. The van der Waals surface area contributed by atoms with Gasteiger partial charge in [-0.15, -0.1) is 0 Å². The first-order valence-corrected chi connectivity index (χ1v) is 8.35. The van der Waals surface area contributed by atoms with Gasteiger partial charge >= 0.3 is 0 Å². The highest BCUT2D eigenvalue weighted by molar-refractivity contribution is 6.31. The quantitative estimate of drug-likeness (QED) is 0.850. The van der Waals surface area contributed by atoms with Crippen molar-refractivity contribution < 1.29 is 4.79 Å². The Morgan fingerprint density at radius 2 is 2.18 bits per heavy atom. The Labute approximate surface area is 137 Å². The summed E-state index contributed by atoms with van der Waals surface area (Å²) >= 11 is 6.24. The Balaban J connectivity index is 1.58. The van der Waals surface area contributed by atoms with Gasteiger partial charge in [-0.25, -0.2) is 0 Å². The Hall–Kier alpha value is -1.10. The van der Waals surface area contributed by atoms with Gasteiger partial charge in [-0.1, -0.05) is 23.7 Å². The maximum atomic E-state index is 12.6. The van der Waals surface area contributed by atoms with Gasteiger partial charge in [0.25, 0.3) is 0 Å². The average molecular weight is 322 g/mol. The molecular formula is C17H24ClN3O. The lowest BCUT2D eigenvalue weighted by atomic mass is 10.00. The van der Waals surface area contributed by atoms with Crippen molar-refractivity contribution in [3.8, 4) is 0 Å². The summed E-state index contributed by atoms with van der Waals surface area (Å²) in [4.78, 5) is 19.1. The fraction of sp³-hybridized carbons (Fsp3) is 0.588. The van der Waals surface area contributed by atoms with E-state index in [1.54, 1.807) is 0 Å². The number of amides is 1. The van der Waals surface area contributed by atoms with Crippen LogP contribution >= 0.6 is 11.6 Å². The molecule has 0 aromatic heterocycles. The predicted octanol–water partition coefficient (Wildman–Crippen LogP) is 1.86. The summed E-state index contributed by atoms with van der Waals surface area (Å²) < 4.78 is 0. The summed E-state index contributed by atoms with van der Waals surface area (Å²) in [6.07, 6.45) is 2.01. The Kier molecular flexibility index (Phi) is 4.71. The summed E-state index contributed by atoms with van der Waals surface area (Å²) in [5.41, 5.74) is 2.40. The van der Waals surface area contributed by atoms with Gasteiger partial charge in [0, 0.05) is 37.2 Å². The molecule has 1 atom stereocenters. The number of nitrogens with zero attached hydrogens (tertiary/aromatic N) is 3. The topological polar surface area (TPSA) is 26.8 Å². The fourth-order valence-corrected chi connectivity index (χ4v) is 3.73. The SMILES string of the molecule is CN(C)C1CCN(CC(=O)N2CCc3c(Cl)cccc3C2)C1. The van der Waals surface area contributed by atoms with Crippen LogP contribution in [0.25, 0.3) is 0 Å². The lowest BCUT2D eigenvalue weighted by Crippen LogP contribution is -2.43. The minimum atomic E-state index is 0.241. The molecule has 0 N–H and O–H groups in total. The number of rotatable bonds is 3. The third-order valence-electron chi connectivity index (χ3n) is 4.90. The first-order chi connectivity index (χ1) is 10.5. The van der Waals surface area contributed by atoms with Crippen LogP contribution in [0.3, 0.4) is 0 Å². The number of halogens is 1. The fourth-order valence-electron chi connectivity index (χ4n) is 3.44. The number of hydrogen-bond acceptors (Lipinski definition) is 3. The summed E-state index contributed by atoms with van der Waals surface area (Å²) in [7, 11) is 4.22. The second-order valence-electron chi connectivity index (χ2n) is 6.58. The molecule has 1 aromatic rings. The van der Waals surface area contributed by atoms with E-state index >= 15 is 0 Å². The van der Waals surface area contributed by atoms with E-state index in [1.807, 2.05) is 17.0 Å². The number of fused-ring (bicyclic) bond motifs is 1. The van der Waals surface area contributed by atoms with Crippen molar-refractivity contribution >= 4 is 17.5 Å². The van der Waals surface area contributed by atoms with E-state index in [2.05, 4.69) is 30.0 Å². The molecule has 0 aliphatic carbocycles. The van der Waals surface area contributed by atoms with Gasteiger partial charge < -0.3 is 9.80 Å². The number of carbonyl (C=O) groups is 1. The van der Waals surface area contributed by atoms with E-state index in [-0.39, 0.29) is 5.91 Å². The molecule has 2 aliphatic rings. The zero-order valence-corrected chi connectivity index (χ0v) is 14.1. The molecule has 1 fully saturated rings. The van der Waals surface area contributed by atoms with Crippen LogP contribution in [0.4, 0.5) is 0 Å². The maximum Gasteiger partial charge on any atom is 0.237 e. The van der Waals surface area contributed by atoms with E-state index in [9.17, 15) is 4.79 Å². The standard InChI is InChI=1S/C17H24ClN3O/c1-19(2)14-6-8-20(11-14)12-17(22)21-9-7-15-13(10-21)4-3-5-16(15)18/h3-5,14H,6-12H2,1-2H3. The first-order valence-electron chi connectivity index (χ1n) is 7.97. The minimum absolute atomic E-state index is 0.241. The molecule has 1 saturated heterocycles. The summed E-state index contributed by atoms with van der Waals surface area (Å²) in [5.74, 6) is 0.241. The zero-order valence-electron chi connectivity index (χ0n) is 13.4. The van der Waals surface area contributed by atoms with E-state index in [4.69, 9.17) is 11.6 Å². The normalized spacial score (nSPS) is 22.2. The third-order valence-corrected chi connectivity index (χ3v) is 5.25. The molecule has 4 nitrogen and oxygen atoms in total. The van der Waals surface area contributed by atoms with Gasteiger partial charge in [0.05, 0.1) is 6.54 Å². The number of carbonyl (C=O) groups excluding carboxylic acids is 1. The van der Waals surface area contributed by atoms with Crippen LogP contribution in [0, 0.1) is 0 Å². The van der Waals surface area contributed by atoms with Crippen molar-refractivity contribution in [2.24, 2.45) is 0 Å². The van der Waals surface area contributed by atoms with Crippen LogP contribution in [0.2, 0.25) is 5.02 Å². The monoisotopic (exact) mass is 321 g/mol. The summed E-state index contributed by atoms with van der Waals surface area (Å²) in [6, 6.07) is 6.56. The van der Waals surface area contributed by atoms with E-state index < -0.39 is 0 Å². The first kappa shape index (κ1) is 15.8. The van der Waals surface area contributed by atoms with Crippen molar-refractivity contribution in [3.05, 3.63) is 34.3 Å². The van der Waals surface area contributed by atoms with Crippen molar-refractivity contribution in [3.63, 3.8) is 0 Å². The average Bonchev–Trinajstić information content (AvgIpc) is 2.96. The van der Waals surface area contributed by atoms with Crippen LogP contribution in [0.15, 0.2) is 18.2 Å². The second kappa shape index (κ2) is 6.57. The van der Waals surface area contributed by atoms with Crippen molar-refractivity contribution in [2.75, 3.05) is 40.3 Å². The Morgan fingerprint density at radius 3 is 2.91 bits per heavy atom. The molecule has 120 valence electrons. The molecular weight excluding hydrogens is 298 g/mol. The highest BCUT2D eigenvalue weighted by atomic mass is 35.5. The number of hydrogen-bond donors (Lipinski definition) is 0. The molecule has 22 heavy (non-hydrogen) atoms. The van der Waals surface area contributed by atoms with Crippen LogP contribution in [-0.4, -0.2) is 66.9 Å². The Bertz CT molecular complexity index is 561. The Morgan fingerprint density at radius 1 is 1.36 bits per heavy atom. The molecule has 5 heteroatoms. The molecule has 0 spiro atoms. The van der Waals surface area contributed by atoms with Crippen molar-refractivity contribution in [2.45, 2.75) is 25.4 Å². The van der Waals surface area contributed by atoms with Crippen molar-refractivity contribution in [1.82, 2.24) is 14.7 Å². The van der Waals surface area contributed by atoms with Gasteiger partial charge in [0.15, 0.2) is 0 Å². The molecule has 2 aliphatic heterocycles. The number of likely N-dealkylation sites (tertiary alicyclic amines) is 1.